The molecule has 4 nitrogen and oxygen atoms in total. The molecule has 7 heteroatoms. The first-order valence-electron chi connectivity index (χ1n) is 8.14. The highest BCUT2D eigenvalue weighted by molar-refractivity contribution is 6.03. The van der Waals surface area contributed by atoms with Gasteiger partial charge in [-0.2, -0.15) is 0 Å². The molecule has 0 atom stereocenters. The van der Waals surface area contributed by atoms with Crippen LogP contribution in [0.4, 0.5) is 24.5 Å². The normalized spacial score (nSPS) is 10.5. The Hall–Kier alpha value is -3.35. The number of hydrogen-bond donors (Lipinski definition) is 2. The predicted octanol–water partition coefficient (Wildman–Crippen LogP) is 4.67. The lowest BCUT2D eigenvalue weighted by molar-refractivity contribution is 0.102. The molecule has 1 aromatic heterocycles. The summed E-state index contributed by atoms with van der Waals surface area (Å²) >= 11 is 0. The summed E-state index contributed by atoms with van der Waals surface area (Å²) in [5, 5.41) is 5.36. The van der Waals surface area contributed by atoms with E-state index < -0.39 is 29.0 Å². The van der Waals surface area contributed by atoms with Gasteiger partial charge in [-0.3, -0.25) is 9.78 Å². The minimum absolute atomic E-state index is 0.00775. The second-order valence-electron chi connectivity index (χ2n) is 5.95. The summed E-state index contributed by atoms with van der Waals surface area (Å²) in [6.07, 6.45) is 1.43. The molecule has 0 aliphatic rings. The molecule has 3 rings (SSSR count). The van der Waals surface area contributed by atoms with E-state index in [1.54, 1.807) is 6.07 Å². The van der Waals surface area contributed by atoms with Crippen molar-refractivity contribution in [2.45, 2.75) is 13.5 Å². The molecule has 0 saturated heterocycles. The third-order valence-electron chi connectivity index (χ3n) is 3.86. The van der Waals surface area contributed by atoms with Crippen molar-refractivity contribution >= 4 is 17.3 Å². The van der Waals surface area contributed by atoms with Gasteiger partial charge < -0.3 is 10.6 Å². The van der Waals surface area contributed by atoms with Gasteiger partial charge in [0.2, 0.25) is 0 Å². The number of benzene rings is 2. The Balaban J connectivity index is 1.71. The number of nitrogens with zero attached hydrogens (tertiary/aromatic N) is 1. The van der Waals surface area contributed by atoms with Crippen LogP contribution >= 0.6 is 0 Å². The van der Waals surface area contributed by atoms with Gasteiger partial charge in [0.1, 0.15) is 5.69 Å². The second-order valence-corrected chi connectivity index (χ2v) is 5.95. The zero-order chi connectivity index (χ0) is 19.4. The third kappa shape index (κ3) is 4.44. The van der Waals surface area contributed by atoms with Crippen LogP contribution in [0.15, 0.2) is 54.7 Å². The molecular weight excluding hydrogens is 355 g/mol. The Labute approximate surface area is 154 Å². The lowest BCUT2D eigenvalue weighted by Gasteiger charge is -2.10. The molecule has 0 saturated carbocycles. The number of pyridine rings is 1. The molecule has 27 heavy (non-hydrogen) atoms. The highest BCUT2D eigenvalue weighted by Crippen LogP contribution is 2.20. The molecular formula is C20H16F3N3O. The van der Waals surface area contributed by atoms with Crippen molar-refractivity contribution in [3.63, 3.8) is 0 Å². The Morgan fingerprint density at radius 3 is 2.63 bits per heavy atom. The van der Waals surface area contributed by atoms with Crippen LogP contribution in [0.25, 0.3) is 0 Å². The molecule has 0 spiro atoms. The number of nitrogens with one attached hydrogen (secondary N) is 2. The van der Waals surface area contributed by atoms with Gasteiger partial charge in [-0.1, -0.05) is 29.8 Å². The number of rotatable bonds is 5. The molecule has 0 fully saturated rings. The Bertz CT molecular complexity index is 992. The van der Waals surface area contributed by atoms with Crippen molar-refractivity contribution in [1.29, 1.82) is 0 Å². The highest BCUT2D eigenvalue weighted by Gasteiger charge is 2.16. The topological polar surface area (TPSA) is 54.0 Å². The van der Waals surface area contributed by atoms with Gasteiger partial charge >= 0.3 is 0 Å². The standard InChI is InChI=1S/C20H16F3N3O/c1-12-3-2-4-13(9-12)11-25-14-7-8-24-17(10-14)20(27)26-16-6-5-15(21)18(22)19(16)23/h2-10H,11H2,1H3,(H,24,25)(H,26,27). The molecule has 1 amide bonds. The maximum Gasteiger partial charge on any atom is 0.274 e. The lowest BCUT2D eigenvalue weighted by atomic mass is 10.1. The molecule has 2 N–H and O–H groups in total. The molecule has 2 aromatic carbocycles. The Morgan fingerprint density at radius 2 is 1.85 bits per heavy atom. The quantitative estimate of drug-likeness (QED) is 0.641. The minimum Gasteiger partial charge on any atom is -0.381 e. The van der Waals surface area contributed by atoms with E-state index >= 15 is 0 Å². The number of anilines is 2. The van der Waals surface area contributed by atoms with Gasteiger partial charge in [-0.15, -0.1) is 0 Å². The van der Waals surface area contributed by atoms with Crippen LogP contribution < -0.4 is 10.6 Å². The van der Waals surface area contributed by atoms with Crippen LogP contribution in [0, 0.1) is 24.4 Å². The van der Waals surface area contributed by atoms with Crippen LogP contribution in [-0.4, -0.2) is 10.9 Å². The maximum absolute atomic E-state index is 13.7. The Kier molecular flexibility index (Phi) is 5.40. The fourth-order valence-electron chi connectivity index (χ4n) is 2.50. The van der Waals surface area contributed by atoms with Crippen molar-refractivity contribution in [3.05, 3.63) is 89.0 Å². The van der Waals surface area contributed by atoms with Gasteiger partial charge in [0.15, 0.2) is 17.5 Å². The fourth-order valence-corrected chi connectivity index (χ4v) is 2.50. The lowest BCUT2D eigenvalue weighted by Crippen LogP contribution is -2.15. The molecule has 0 aliphatic carbocycles. The van der Waals surface area contributed by atoms with E-state index in [9.17, 15) is 18.0 Å². The number of aryl methyl sites for hydroxylation is 1. The van der Waals surface area contributed by atoms with Crippen LogP contribution in [0.2, 0.25) is 0 Å². The average Bonchev–Trinajstić information content (AvgIpc) is 2.67. The molecule has 1 heterocycles. The molecule has 0 bridgehead atoms. The summed E-state index contributed by atoms with van der Waals surface area (Å²) in [4.78, 5) is 16.2. The zero-order valence-corrected chi connectivity index (χ0v) is 14.4. The second kappa shape index (κ2) is 7.90. The first-order chi connectivity index (χ1) is 12.9. The van der Waals surface area contributed by atoms with E-state index in [1.807, 2.05) is 31.2 Å². The SMILES string of the molecule is Cc1cccc(CNc2ccnc(C(=O)Nc3ccc(F)c(F)c3F)c2)c1. The summed E-state index contributed by atoms with van der Waals surface area (Å²) in [5.41, 5.74) is 2.40. The van der Waals surface area contributed by atoms with Gasteiger partial charge in [-0.25, -0.2) is 13.2 Å². The monoisotopic (exact) mass is 371 g/mol. The number of amides is 1. The Morgan fingerprint density at radius 1 is 1.04 bits per heavy atom. The molecule has 0 unspecified atom stereocenters. The highest BCUT2D eigenvalue weighted by atomic mass is 19.2. The van der Waals surface area contributed by atoms with Crippen LogP contribution in [-0.2, 0) is 6.54 Å². The van der Waals surface area contributed by atoms with Gasteiger partial charge in [0.25, 0.3) is 5.91 Å². The first kappa shape index (κ1) is 18.4. The number of carbonyl (C=O) groups is 1. The van der Waals surface area contributed by atoms with Crippen molar-refractivity contribution in [1.82, 2.24) is 4.98 Å². The van der Waals surface area contributed by atoms with E-state index in [0.29, 0.717) is 12.2 Å². The summed E-state index contributed by atoms with van der Waals surface area (Å²) in [6, 6.07) is 12.8. The van der Waals surface area contributed by atoms with Crippen molar-refractivity contribution in [2.75, 3.05) is 10.6 Å². The van der Waals surface area contributed by atoms with E-state index in [-0.39, 0.29) is 5.69 Å². The maximum atomic E-state index is 13.7. The number of hydrogen-bond acceptors (Lipinski definition) is 3. The summed E-state index contributed by atoms with van der Waals surface area (Å²) < 4.78 is 39.9. The van der Waals surface area contributed by atoms with E-state index in [4.69, 9.17) is 0 Å². The van der Waals surface area contributed by atoms with Crippen molar-refractivity contribution < 1.29 is 18.0 Å². The number of carbonyl (C=O) groups excluding carboxylic acids is 1. The van der Waals surface area contributed by atoms with Gasteiger partial charge in [0.05, 0.1) is 5.69 Å². The van der Waals surface area contributed by atoms with Crippen molar-refractivity contribution in [3.8, 4) is 0 Å². The zero-order valence-electron chi connectivity index (χ0n) is 14.4. The fraction of sp³-hybridized carbons (Fsp3) is 0.100. The molecule has 0 aliphatic heterocycles. The van der Waals surface area contributed by atoms with Gasteiger partial charge in [0, 0.05) is 18.4 Å². The van der Waals surface area contributed by atoms with E-state index in [0.717, 1.165) is 23.3 Å². The van der Waals surface area contributed by atoms with Crippen LogP contribution in [0.1, 0.15) is 21.6 Å². The predicted molar refractivity (Wildman–Crippen MR) is 97.0 cm³/mol. The average molecular weight is 371 g/mol. The summed E-state index contributed by atoms with van der Waals surface area (Å²) in [7, 11) is 0. The molecule has 138 valence electrons. The first-order valence-corrected chi connectivity index (χ1v) is 8.14. The largest absolute Gasteiger partial charge is 0.381 e. The van der Waals surface area contributed by atoms with Crippen LogP contribution in [0.5, 0.6) is 0 Å². The van der Waals surface area contributed by atoms with Gasteiger partial charge in [-0.05, 0) is 36.8 Å². The third-order valence-corrected chi connectivity index (χ3v) is 3.86. The van der Waals surface area contributed by atoms with E-state index in [1.165, 1.54) is 12.3 Å². The smallest absolute Gasteiger partial charge is 0.274 e. The van der Waals surface area contributed by atoms with Crippen molar-refractivity contribution in [2.24, 2.45) is 0 Å². The summed E-state index contributed by atoms with van der Waals surface area (Å²) in [5.74, 6) is -5.17. The summed E-state index contributed by atoms with van der Waals surface area (Å²) in [6.45, 7) is 2.54. The number of aromatic nitrogens is 1. The van der Waals surface area contributed by atoms with E-state index in [2.05, 4.69) is 15.6 Å². The minimum atomic E-state index is -1.64. The number of halogens is 3. The molecule has 3 aromatic rings. The van der Waals surface area contributed by atoms with Crippen LogP contribution in [0.3, 0.4) is 0 Å². The molecule has 0 radical (unpaired) electrons.